The summed E-state index contributed by atoms with van der Waals surface area (Å²) in [5.74, 6) is 2.97. The van der Waals surface area contributed by atoms with Gasteiger partial charge in [-0.2, -0.15) is 0 Å². The third-order valence-corrected chi connectivity index (χ3v) is 5.69. The molecular weight excluding hydrogens is 418 g/mol. The first kappa shape index (κ1) is 23.2. The van der Waals surface area contributed by atoms with Crippen LogP contribution in [0.1, 0.15) is 40.5 Å². The molecule has 1 fully saturated rings. The predicted molar refractivity (Wildman–Crippen MR) is 119 cm³/mol. The van der Waals surface area contributed by atoms with Crippen molar-refractivity contribution in [3.63, 3.8) is 0 Å². The fraction of sp³-hybridized carbons (Fsp3) is 0.591. The fourth-order valence-electron chi connectivity index (χ4n) is 3.53. The zero-order chi connectivity index (χ0) is 22.2. The van der Waals surface area contributed by atoms with Crippen molar-refractivity contribution in [2.45, 2.75) is 45.8 Å². The van der Waals surface area contributed by atoms with E-state index >= 15 is 0 Å². The van der Waals surface area contributed by atoms with E-state index in [4.69, 9.17) is 18.6 Å². The van der Waals surface area contributed by atoms with Gasteiger partial charge in [-0.05, 0) is 51.7 Å². The smallest absolute Gasteiger partial charge is 0.277 e. The summed E-state index contributed by atoms with van der Waals surface area (Å²) < 4.78 is 23.0. The van der Waals surface area contributed by atoms with Crippen LogP contribution >= 0.6 is 11.8 Å². The maximum atomic E-state index is 12.5. The Balaban J connectivity index is 1.74. The van der Waals surface area contributed by atoms with Crippen LogP contribution < -0.4 is 14.2 Å². The molecule has 1 aromatic carbocycles. The van der Waals surface area contributed by atoms with Crippen LogP contribution in [0.15, 0.2) is 21.8 Å². The molecular formula is C22H31N3O5S. The molecule has 1 aliphatic heterocycles. The van der Waals surface area contributed by atoms with E-state index in [1.807, 2.05) is 25.7 Å². The molecule has 1 unspecified atom stereocenters. The molecule has 1 atom stereocenters. The maximum absolute atomic E-state index is 12.5. The highest BCUT2D eigenvalue weighted by molar-refractivity contribution is 7.99. The van der Waals surface area contributed by atoms with Crippen molar-refractivity contribution < 1.29 is 23.4 Å². The molecule has 31 heavy (non-hydrogen) atoms. The molecule has 9 heteroatoms. The maximum Gasteiger partial charge on any atom is 0.277 e. The number of benzene rings is 1. The number of hydrogen-bond donors (Lipinski definition) is 0. The number of amides is 1. The molecule has 0 radical (unpaired) electrons. The van der Waals surface area contributed by atoms with Crippen LogP contribution in [0, 0.1) is 5.92 Å². The number of hydrogen-bond acceptors (Lipinski definition) is 8. The first-order chi connectivity index (χ1) is 15.0. The normalized spacial score (nSPS) is 16.3. The molecule has 2 aromatic rings. The Morgan fingerprint density at radius 3 is 2.42 bits per heavy atom. The minimum Gasteiger partial charge on any atom is -0.490 e. The molecule has 1 aliphatic rings. The molecule has 170 valence electrons. The Morgan fingerprint density at radius 1 is 1.13 bits per heavy atom. The van der Waals surface area contributed by atoms with Gasteiger partial charge in [-0.1, -0.05) is 18.7 Å². The van der Waals surface area contributed by atoms with Crippen LogP contribution in [-0.4, -0.2) is 59.7 Å². The third kappa shape index (κ3) is 6.06. The van der Waals surface area contributed by atoms with Gasteiger partial charge in [0.05, 0.1) is 25.6 Å². The first-order valence-electron chi connectivity index (χ1n) is 10.9. The van der Waals surface area contributed by atoms with Gasteiger partial charge in [0.1, 0.15) is 0 Å². The van der Waals surface area contributed by atoms with Crippen LogP contribution in [0.4, 0.5) is 0 Å². The first-order valence-corrected chi connectivity index (χ1v) is 11.8. The highest BCUT2D eigenvalue weighted by Gasteiger charge is 2.22. The second-order valence-corrected chi connectivity index (χ2v) is 8.28. The van der Waals surface area contributed by atoms with E-state index in [0.29, 0.717) is 59.7 Å². The second kappa shape index (κ2) is 11.3. The van der Waals surface area contributed by atoms with Crippen molar-refractivity contribution in [1.82, 2.24) is 15.1 Å². The summed E-state index contributed by atoms with van der Waals surface area (Å²) in [6.07, 6.45) is 2.24. The number of rotatable bonds is 10. The average Bonchev–Trinajstić information content (AvgIpc) is 3.23. The Bertz CT molecular complexity index is 846. The summed E-state index contributed by atoms with van der Waals surface area (Å²) in [6, 6.07) is 3.61. The van der Waals surface area contributed by atoms with Gasteiger partial charge in [0.2, 0.25) is 17.5 Å². The summed E-state index contributed by atoms with van der Waals surface area (Å²) >= 11 is 1.26. The highest BCUT2D eigenvalue weighted by Crippen LogP contribution is 2.42. The van der Waals surface area contributed by atoms with E-state index in [9.17, 15) is 4.79 Å². The van der Waals surface area contributed by atoms with E-state index in [2.05, 4.69) is 17.1 Å². The van der Waals surface area contributed by atoms with Crippen LogP contribution in [0.25, 0.3) is 11.5 Å². The lowest BCUT2D eigenvalue weighted by atomic mass is 10.0. The number of carbonyl (C=O) groups is 1. The van der Waals surface area contributed by atoms with Gasteiger partial charge in [0, 0.05) is 18.7 Å². The minimum atomic E-state index is 0.106. The molecule has 8 nitrogen and oxygen atoms in total. The molecule has 1 aromatic heterocycles. The molecule has 0 aliphatic carbocycles. The summed E-state index contributed by atoms with van der Waals surface area (Å²) in [7, 11) is 0. The van der Waals surface area contributed by atoms with Gasteiger partial charge in [-0.3, -0.25) is 4.79 Å². The average molecular weight is 450 g/mol. The number of aromatic nitrogens is 2. The van der Waals surface area contributed by atoms with E-state index in [0.717, 1.165) is 19.5 Å². The zero-order valence-electron chi connectivity index (χ0n) is 18.7. The summed E-state index contributed by atoms with van der Waals surface area (Å²) in [4.78, 5) is 14.4. The van der Waals surface area contributed by atoms with Crippen molar-refractivity contribution in [2.24, 2.45) is 5.92 Å². The second-order valence-electron chi connectivity index (χ2n) is 7.35. The fourth-order valence-corrected chi connectivity index (χ4v) is 4.19. The number of thioether (sulfide) groups is 1. The standard InChI is InChI=1S/C22H31N3O5S/c1-5-27-17-11-16(12-18(28-6-2)20(17)29-7-3)21-23-24-22(30-21)31-14-19(26)25-10-8-9-15(4)13-25/h11-12,15H,5-10,13-14H2,1-4H3. The van der Waals surface area contributed by atoms with Gasteiger partial charge in [0.25, 0.3) is 5.22 Å². The Morgan fingerprint density at radius 2 is 1.81 bits per heavy atom. The lowest BCUT2D eigenvalue weighted by molar-refractivity contribution is -0.130. The predicted octanol–water partition coefficient (Wildman–Crippen LogP) is 4.28. The van der Waals surface area contributed by atoms with Crippen molar-refractivity contribution in [2.75, 3.05) is 38.7 Å². The van der Waals surface area contributed by atoms with Gasteiger partial charge in [0.15, 0.2) is 11.5 Å². The summed E-state index contributed by atoms with van der Waals surface area (Å²) in [6.45, 7) is 11.0. The van der Waals surface area contributed by atoms with E-state index < -0.39 is 0 Å². The van der Waals surface area contributed by atoms with Gasteiger partial charge in [-0.15, -0.1) is 10.2 Å². The Hall–Kier alpha value is -2.42. The number of likely N-dealkylation sites (tertiary alicyclic amines) is 1. The van der Waals surface area contributed by atoms with Crippen LogP contribution in [0.5, 0.6) is 17.2 Å². The Labute approximate surface area is 187 Å². The van der Waals surface area contributed by atoms with E-state index in [1.54, 1.807) is 12.1 Å². The number of carbonyl (C=O) groups excluding carboxylic acids is 1. The third-order valence-electron chi connectivity index (χ3n) is 4.89. The molecule has 1 amide bonds. The monoisotopic (exact) mass is 449 g/mol. The molecule has 0 saturated carbocycles. The SMILES string of the molecule is CCOc1cc(-c2nnc(SCC(=O)N3CCCC(C)C3)o2)cc(OCC)c1OCC. The number of nitrogens with zero attached hydrogens (tertiary/aromatic N) is 3. The number of ether oxygens (including phenoxy) is 3. The largest absolute Gasteiger partial charge is 0.490 e. The van der Waals surface area contributed by atoms with Gasteiger partial charge < -0.3 is 23.5 Å². The molecule has 0 bridgehead atoms. The van der Waals surface area contributed by atoms with Crippen molar-refractivity contribution in [3.05, 3.63) is 12.1 Å². The summed E-state index contributed by atoms with van der Waals surface area (Å²) in [5, 5.41) is 8.61. The van der Waals surface area contributed by atoms with E-state index in [-0.39, 0.29) is 11.7 Å². The molecule has 0 N–H and O–H groups in total. The van der Waals surface area contributed by atoms with Gasteiger partial charge in [-0.25, -0.2) is 0 Å². The number of piperidine rings is 1. The quantitative estimate of drug-likeness (QED) is 0.497. The topological polar surface area (TPSA) is 86.9 Å². The van der Waals surface area contributed by atoms with Gasteiger partial charge >= 0.3 is 0 Å². The molecule has 2 heterocycles. The Kier molecular flexibility index (Phi) is 8.45. The summed E-state index contributed by atoms with van der Waals surface area (Å²) in [5.41, 5.74) is 0.672. The molecule has 3 rings (SSSR count). The molecule has 0 spiro atoms. The minimum absolute atomic E-state index is 0.106. The van der Waals surface area contributed by atoms with Crippen LogP contribution in [0.3, 0.4) is 0 Å². The van der Waals surface area contributed by atoms with Crippen molar-refractivity contribution in [3.8, 4) is 28.7 Å². The van der Waals surface area contributed by atoms with Crippen molar-refractivity contribution >= 4 is 17.7 Å². The van der Waals surface area contributed by atoms with Crippen molar-refractivity contribution in [1.29, 1.82) is 0 Å². The zero-order valence-corrected chi connectivity index (χ0v) is 19.5. The molecule has 1 saturated heterocycles. The highest BCUT2D eigenvalue weighted by atomic mass is 32.2. The van der Waals surface area contributed by atoms with Crippen LogP contribution in [0.2, 0.25) is 0 Å². The lowest BCUT2D eigenvalue weighted by Crippen LogP contribution is -2.40. The lowest BCUT2D eigenvalue weighted by Gasteiger charge is -2.30. The van der Waals surface area contributed by atoms with E-state index in [1.165, 1.54) is 18.2 Å². The van der Waals surface area contributed by atoms with Crippen LogP contribution in [-0.2, 0) is 4.79 Å².